The summed E-state index contributed by atoms with van der Waals surface area (Å²) in [6.07, 6.45) is 1.38. The van der Waals surface area contributed by atoms with E-state index in [0.717, 1.165) is 22.8 Å². The van der Waals surface area contributed by atoms with Crippen molar-refractivity contribution in [1.29, 1.82) is 0 Å². The molecule has 7 heteroatoms. The van der Waals surface area contributed by atoms with Crippen LogP contribution in [-0.2, 0) is 6.42 Å². The van der Waals surface area contributed by atoms with Gasteiger partial charge in [-0.1, -0.05) is 11.3 Å². The van der Waals surface area contributed by atoms with Gasteiger partial charge < -0.3 is 0 Å². The molecule has 0 amide bonds. The largest absolute Gasteiger partial charge is 0.296 e. The van der Waals surface area contributed by atoms with E-state index in [2.05, 4.69) is 15.3 Å². The Morgan fingerprint density at radius 1 is 1.42 bits per heavy atom. The third-order valence-electron chi connectivity index (χ3n) is 2.61. The van der Waals surface area contributed by atoms with Crippen molar-refractivity contribution in [3.8, 4) is 5.13 Å². The highest BCUT2D eigenvalue weighted by molar-refractivity contribution is 7.12. The van der Waals surface area contributed by atoms with Crippen LogP contribution in [0.15, 0.2) is 22.9 Å². The third kappa shape index (κ3) is 2.34. The third-order valence-corrected chi connectivity index (χ3v) is 4.43. The van der Waals surface area contributed by atoms with Crippen LogP contribution in [0.2, 0.25) is 0 Å². The standard InChI is InChI=1S/C12H10N4OS2/c1-8-7-19-12(13-8)16-11(10(6-17)14-15-16)5-9-3-2-4-18-9/h2-4,6-7H,5H2,1H3. The molecule has 3 heterocycles. The highest BCUT2D eigenvalue weighted by Crippen LogP contribution is 2.21. The minimum Gasteiger partial charge on any atom is -0.296 e. The molecule has 0 saturated heterocycles. The Morgan fingerprint density at radius 3 is 2.95 bits per heavy atom. The summed E-state index contributed by atoms with van der Waals surface area (Å²) in [7, 11) is 0. The molecule has 0 bridgehead atoms. The van der Waals surface area contributed by atoms with E-state index < -0.39 is 0 Å². The quantitative estimate of drug-likeness (QED) is 0.693. The lowest BCUT2D eigenvalue weighted by molar-refractivity contribution is 0.111. The molecule has 0 aliphatic heterocycles. The van der Waals surface area contributed by atoms with Gasteiger partial charge in [-0.05, 0) is 18.4 Å². The van der Waals surface area contributed by atoms with E-state index in [1.54, 1.807) is 16.0 Å². The van der Waals surface area contributed by atoms with E-state index in [1.165, 1.54) is 16.2 Å². The number of nitrogens with zero attached hydrogens (tertiary/aromatic N) is 4. The summed E-state index contributed by atoms with van der Waals surface area (Å²) in [6, 6.07) is 4.02. The van der Waals surface area contributed by atoms with Crippen molar-refractivity contribution in [3.05, 3.63) is 44.9 Å². The van der Waals surface area contributed by atoms with Gasteiger partial charge in [0.15, 0.2) is 6.29 Å². The summed E-state index contributed by atoms with van der Waals surface area (Å²) in [4.78, 5) is 16.6. The summed E-state index contributed by atoms with van der Waals surface area (Å²) in [5, 5.41) is 12.7. The zero-order valence-corrected chi connectivity index (χ0v) is 11.7. The summed E-state index contributed by atoms with van der Waals surface area (Å²) < 4.78 is 1.65. The van der Waals surface area contributed by atoms with Crippen LogP contribution in [0.3, 0.4) is 0 Å². The number of rotatable bonds is 4. The lowest BCUT2D eigenvalue weighted by Crippen LogP contribution is -2.03. The van der Waals surface area contributed by atoms with Crippen molar-refractivity contribution < 1.29 is 4.79 Å². The maximum Gasteiger partial charge on any atom is 0.212 e. The number of thiophene rings is 1. The Kier molecular flexibility index (Phi) is 3.22. The lowest BCUT2D eigenvalue weighted by Gasteiger charge is -2.01. The van der Waals surface area contributed by atoms with E-state index in [0.29, 0.717) is 12.1 Å². The minimum absolute atomic E-state index is 0.376. The van der Waals surface area contributed by atoms with Gasteiger partial charge in [0.25, 0.3) is 0 Å². The normalized spacial score (nSPS) is 10.8. The maximum absolute atomic E-state index is 11.1. The first-order valence-electron chi connectivity index (χ1n) is 5.62. The highest BCUT2D eigenvalue weighted by Gasteiger charge is 2.16. The van der Waals surface area contributed by atoms with Gasteiger partial charge in [0.1, 0.15) is 5.69 Å². The number of aromatic nitrogens is 4. The fourth-order valence-corrected chi connectivity index (χ4v) is 3.22. The molecule has 5 nitrogen and oxygen atoms in total. The molecule has 0 aromatic carbocycles. The van der Waals surface area contributed by atoms with Crippen LogP contribution >= 0.6 is 22.7 Å². The fourth-order valence-electron chi connectivity index (χ4n) is 1.74. The van der Waals surface area contributed by atoms with Gasteiger partial charge in [-0.15, -0.1) is 27.8 Å². The molecular formula is C12H10N4OS2. The Balaban J connectivity index is 2.05. The average Bonchev–Trinajstić information content (AvgIpc) is 3.10. The van der Waals surface area contributed by atoms with Gasteiger partial charge >= 0.3 is 0 Å². The Bertz CT molecular complexity index is 699. The molecule has 19 heavy (non-hydrogen) atoms. The van der Waals surface area contributed by atoms with Crippen LogP contribution < -0.4 is 0 Å². The second-order valence-corrected chi connectivity index (χ2v) is 5.85. The van der Waals surface area contributed by atoms with Crippen LogP contribution in [0.4, 0.5) is 0 Å². The molecule has 0 aliphatic rings. The van der Waals surface area contributed by atoms with Crippen LogP contribution in [-0.4, -0.2) is 26.3 Å². The van der Waals surface area contributed by atoms with Gasteiger partial charge in [-0.25, -0.2) is 4.98 Å². The highest BCUT2D eigenvalue weighted by atomic mass is 32.1. The second kappa shape index (κ2) is 5.02. The molecule has 96 valence electrons. The number of hydrogen-bond donors (Lipinski definition) is 0. The SMILES string of the molecule is Cc1csc(-n2nnc(C=O)c2Cc2cccs2)n1. The Labute approximate surface area is 117 Å². The molecule has 3 aromatic rings. The smallest absolute Gasteiger partial charge is 0.212 e. The molecule has 0 atom stereocenters. The van der Waals surface area contributed by atoms with Crippen molar-refractivity contribution in [2.24, 2.45) is 0 Å². The topological polar surface area (TPSA) is 60.7 Å². The number of aldehydes is 1. The average molecular weight is 290 g/mol. The summed E-state index contributed by atoms with van der Waals surface area (Å²) in [6.45, 7) is 1.93. The van der Waals surface area contributed by atoms with Crippen molar-refractivity contribution in [1.82, 2.24) is 20.0 Å². The summed E-state index contributed by atoms with van der Waals surface area (Å²) >= 11 is 3.14. The molecule has 0 spiro atoms. The molecule has 3 aromatic heterocycles. The molecule has 0 aliphatic carbocycles. The first-order chi connectivity index (χ1) is 9.28. The first kappa shape index (κ1) is 12.2. The number of carbonyl (C=O) groups is 1. The molecule has 3 rings (SSSR count). The zero-order chi connectivity index (χ0) is 13.2. The van der Waals surface area contributed by atoms with Crippen molar-refractivity contribution in [2.45, 2.75) is 13.3 Å². The van der Waals surface area contributed by atoms with Gasteiger partial charge in [-0.2, -0.15) is 4.68 Å². The molecule has 0 N–H and O–H groups in total. The summed E-state index contributed by atoms with van der Waals surface area (Å²) in [5.41, 5.74) is 2.10. The van der Waals surface area contributed by atoms with E-state index in [4.69, 9.17) is 0 Å². The van der Waals surface area contributed by atoms with Crippen LogP contribution in [0.1, 0.15) is 26.8 Å². The van der Waals surface area contributed by atoms with E-state index >= 15 is 0 Å². The molecular weight excluding hydrogens is 280 g/mol. The lowest BCUT2D eigenvalue weighted by atomic mass is 10.2. The molecule has 0 saturated carbocycles. The van der Waals surface area contributed by atoms with Crippen molar-refractivity contribution in [3.63, 3.8) is 0 Å². The van der Waals surface area contributed by atoms with Crippen LogP contribution in [0, 0.1) is 6.92 Å². The predicted molar refractivity (Wildman–Crippen MR) is 74.3 cm³/mol. The Morgan fingerprint density at radius 2 is 2.32 bits per heavy atom. The monoisotopic (exact) mass is 290 g/mol. The van der Waals surface area contributed by atoms with Gasteiger partial charge in [0.2, 0.25) is 5.13 Å². The van der Waals surface area contributed by atoms with Crippen LogP contribution in [0.25, 0.3) is 5.13 Å². The van der Waals surface area contributed by atoms with E-state index in [1.807, 2.05) is 29.8 Å². The van der Waals surface area contributed by atoms with Gasteiger partial charge in [0.05, 0.1) is 11.4 Å². The molecule has 0 radical (unpaired) electrons. The number of carbonyl (C=O) groups excluding carboxylic acids is 1. The van der Waals surface area contributed by atoms with Gasteiger partial charge in [-0.3, -0.25) is 4.79 Å². The van der Waals surface area contributed by atoms with Crippen molar-refractivity contribution >= 4 is 29.0 Å². The van der Waals surface area contributed by atoms with E-state index in [9.17, 15) is 4.79 Å². The fraction of sp³-hybridized carbons (Fsp3) is 0.167. The van der Waals surface area contributed by atoms with E-state index in [-0.39, 0.29) is 0 Å². The van der Waals surface area contributed by atoms with Crippen molar-refractivity contribution in [2.75, 3.05) is 0 Å². The maximum atomic E-state index is 11.1. The van der Waals surface area contributed by atoms with Crippen LogP contribution in [0.5, 0.6) is 0 Å². The minimum atomic E-state index is 0.376. The number of hydrogen-bond acceptors (Lipinski definition) is 6. The first-order valence-corrected chi connectivity index (χ1v) is 7.38. The number of thiazole rings is 1. The summed E-state index contributed by atoms with van der Waals surface area (Å²) in [5.74, 6) is 0. The Hall–Kier alpha value is -1.86. The predicted octanol–water partition coefficient (Wildman–Crippen LogP) is 2.50. The van der Waals surface area contributed by atoms with Gasteiger partial charge in [0, 0.05) is 16.7 Å². The molecule has 0 fully saturated rings. The number of aryl methyl sites for hydroxylation is 1. The second-order valence-electron chi connectivity index (χ2n) is 3.98. The molecule has 0 unspecified atom stereocenters. The zero-order valence-electron chi connectivity index (χ0n) is 10.1.